The first kappa shape index (κ1) is 26.6. The van der Waals surface area contributed by atoms with Crippen molar-refractivity contribution in [2.24, 2.45) is 4.99 Å². The number of esters is 1. The van der Waals surface area contributed by atoms with Gasteiger partial charge in [-0.2, -0.15) is 0 Å². The average molecular weight is 558 g/mol. The van der Waals surface area contributed by atoms with Crippen molar-refractivity contribution in [1.29, 1.82) is 0 Å². The maximum absolute atomic E-state index is 13.8. The Morgan fingerprint density at radius 2 is 2.25 bits per heavy atom. The van der Waals surface area contributed by atoms with E-state index in [2.05, 4.69) is 15.0 Å². The van der Waals surface area contributed by atoms with Gasteiger partial charge in [0, 0.05) is 53.5 Å². The van der Waals surface area contributed by atoms with Crippen molar-refractivity contribution >= 4 is 44.8 Å². The van der Waals surface area contributed by atoms with E-state index >= 15 is 0 Å². The van der Waals surface area contributed by atoms with E-state index in [1.54, 1.807) is 11.6 Å². The van der Waals surface area contributed by atoms with Crippen molar-refractivity contribution < 1.29 is 27.1 Å². The Morgan fingerprint density at radius 3 is 2.92 bits per heavy atom. The van der Waals surface area contributed by atoms with Crippen LogP contribution in [0.2, 0.25) is 5.02 Å². The highest BCUT2D eigenvalue weighted by Crippen LogP contribution is 2.37. The monoisotopic (exact) mass is 557 g/mol. The molecule has 1 aromatic heterocycles. The molecule has 2 aliphatic rings. The maximum Gasteiger partial charge on any atom is 0.338 e. The first-order valence-corrected chi connectivity index (χ1v) is 14.1. The summed E-state index contributed by atoms with van der Waals surface area (Å²) in [6, 6.07) is 2.75. The summed E-state index contributed by atoms with van der Waals surface area (Å²) in [5.74, 6) is -0.707. The molecule has 2 aliphatic heterocycles. The van der Waals surface area contributed by atoms with E-state index in [9.17, 15) is 17.6 Å². The van der Waals surface area contributed by atoms with Gasteiger partial charge in [0.25, 0.3) is 0 Å². The van der Waals surface area contributed by atoms with Crippen LogP contribution in [0.1, 0.15) is 16.6 Å². The number of carbonyl (C=O) groups is 1. The molecule has 0 saturated carbocycles. The van der Waals surface area contributed by atoms with Gasteiger partial charge in [0.1, 0.15) is 11.9 Å². The molecule has 0 spiro atoms. The summed E-state index contributed by atoms with van der Waals surface area (Å²) in [5.41, 5.74) is 1.15. The lowest BCUT2D eigenvalue weighted by Crippen LogP contribution is -2.53. The van der Waals surface area contributed by atoms with E-state index in [1.165, 1.54) is 36.6 Å². The standard InChI is InChI=1S/C22H25ClFN5O5S2/c1-33-22(30)18-17(11-29-6-7-34-12-14(29)10-26-36(2,31)32)27-20(21-25-5-8-35-21)28-19(18)15-4-3-13(24)9-16(15)23/h3-5,8-9,14,19,26H,6-7,10-12H2,1-2H3,(H,27,28)/t14-,19+/m1/s1. The number of nitrogens with one attached hydrogen (secondary N) is 2. The lowest BCUT2D eigenvalue weighted by molar-refractivity contribution is -0.136. The molecule has 0 amide bonds. The number of hydrogen-bond acceptors (Lipinski definition) is 10. The third-order valence-corrected chi connectivity index (χ3v) is 7.51. The summed E-state index contributed by atoms with van der Waals surface area (Å²) in [4.78, 5) is 24.1. The van der Waals surface area contributed by atoms with Gasteiger partial charge in [-0.25, -0.2) is 27.3 Å². The Hall–Kier alpha value is -2.42. The molecule has 10 nitrogen and oxygen atoms in total. The second-order valence-electron chi connectivity index (χ2n) is 8.21. The molecular weight excluding hydrogens is 533 g/mol. The summed E-state index contributed by atoms with van der Waals surface area (Å²) in [6.45, 7) is 1.63. The molecule has 14 heteroatoms. The lowest BCUT2D eigenvalue weighted by atomic mass is 9.95. The SMILES string of the molecule is COC(=O)C1=C(CN2CCOC[C@H]2CNS(C)(=O)=O)NC(c2nccs2)=N[C@H]1c1ccc(F)cc1Cl. The van der Waals surface area contributed by atoms with Gasteiger partial charge in [-0.3, -0.25) is 9.89 Å². The molecule has 0 unspecified atom stereocenters. The summed E-state index contributed by atoms with van der Waals surface area (Å²) in [6.07, 6.45) is 2.73. The zero-order valence-corrected chi connectivity index (χ0v) is 21.9. The van der Waals surface area contributed by atoms with Gasteiger partial charge in [0.15, 0.2) is 10.8 Å². The zero-order valence-electron chi connectivity index (χ0n) is 19.5. The molecular formula is C22H25ClFN5O5S2. The summed E-state index contributed by atoms with van der Waals surface area (Å²) >= 11 is 7.75. The molecule has 194 valence electrons. The molecule has 0 bridgehead atoms. The van der Waals surface area contributed by atoms with Gasteiger partial charge in [0.05, 0.1) is 32.2 Å². The van der Waals surface area contributed by atoms with Gasteiger partial charge in [0.2, 0.25) is 10.0 Å². The van der Waals surface area contributed by atoms with Crippen molar-refractivity contribution in [2.45, 2.75) is 12.1 Å². The lowest BCUT2D eigenvalue weighted by Gasteiger charge is -2.37. The number of nitrogens with zero attached hydrogens (tertiary/aromatic N) is 3. The highest BCUT2D eigenvalue weighted by molar-refractivity contribution is 7.88. The number of carbonyl (C=O) groups excluding carboxylic acids is 1. The Kier molecular flexibility index (Phi) is 8.37. The Labute approximate surface area is 217 Å². The topological polar surface area (TPSA) is 122 Å². The number of aromatic nitrogens is 1. The zero-order chi connectivity index (χ0) is 25.9. The fourth-order valence-corrected chi connectivity index (χ4v) is 5.36. The van der Waals surface area contributed by atoms with Crippen LogP contribution in [0.3, 0.4) is 0 Å². The first-order chi connectivity index (χ1) is 17.2. The van der Waals surface area contributed by atoms with E-state index in [0.717, 1.165) is 6.26 Å². The van der Waals surface area contributed by atoms with Gasteiger partial charge in [-0.05, 0) is 12.1 Å². The van der Waals surface area contributed by atoms with Crippen molar-refractivity contribution in [3.63, 3.8) is 0 Å². The van der Waals surface area contributed by atoms with Gasteiger partial charge in [-0.1, -0.05) is 17.7 Å². The molecule has 36 heavy (non-hydrogen) atoms. The summed E-state index contributed by atoms with van der Waals surface area (Å²) < 4.78 is 50.3. The van der Waals surface area contributed by atoms with Crippen molar-refractivity contribution in [2.75, 3.05) is 46.2 Å². The van der Waals surface area contributed by atoms with Crippen LogP contribution in [0.25, 0.3) is 0 Å². The number of aliphatic imine (C=N–C) groups is 1. The summed E-state index contributed by atoms with van der Waals surface area (Å²) in [7, 11) is -2.14. The van der Waals surface area contributed by atoms with E-state index in [0.29, 0.717) is 41.9 Å². The minimum atomic E-state index is -3.40. The Balaban J connectivity index is 1.76. The maximum atomic E-state index is 13.8. The second-order valence-corrected chi connectivity index (χ2v) is 11.3. The number of rotatable bonds is 8. The van der Waals surface area contributed by atoms with Crippen LogP contribution >= 0.6 is 22.9 Å². The smallest absolute Gasteiger partial charge is 0.338 e. The Morgan fingerprint density at radius 1 is 1.44 bits per heavy atom. The normalized spacial score (nSPS) is 21.2. The number of methoxy groups -OCH3 is 1. The number of hydrogen-bond donors (Lipinski definition) is 2. The van der Waals surface area contributed by atoms with E-state index in [4.69, 9.17) is 26.1 Å². The highest BCUT2D eigenvalue weighted by Gasteiger charge is 2.35. The average Bonchev–Trinajstić information content (AvgIpc) is 3.37. The number of benzene rings is 1. The molecule has 1 fully saturated rings. The van der Waals surface area contributed by atoms with Gasteiger partial charge >= 0.3 is 5.97 Å². The van der Waals surface area contributed by atoms with Crippen LogP contribution in [-0.4, -0.2) is 82.4 Å². The van der Waals surface area contributed by atoms with Crippen LogP contribution in [0.5, 0.6) is 0 Å². The molecule has 4 rings (SSSR count). The molecule has 2 aromatic rings. The van der Waals surface area contributed by atoms with E-state index < -0.39 is 27.9 Å². The number of amidine groups is 1. The van der Waals surface area contributed by atoms with E-state index in [1.807, 2.05) is 4.90 Å². The van der Waals surface area contributed by atoms with E-state index in [-0.39, 0.29) is 29.7 Å². The number of halogens is 2. The van der Waals surface area contributed by atoms with Crippen LogP contribution in [0, 0.1) is 5.82 Å². The van der Waals surface area contributed by atoms with Crippen LogP contribution < -0.4 is 10.0 Å². The number of sulfonamides is 1. The third-order valence-electron chi connectivity index (χ3n) is 5.72. The predicted octanol–water partition coefficient (Wildman–Crippen LogP) is 1.70. The van der Waals surface area contributed by atoms with Crippen molar-refractivity contribution in [3.8, 4) is 0 Å². The molecule has 1 aromatic carbocycles. The number of ether oxygens (including phenoxy) is 2. The quantitative estimate of drug-likeness (QED) is 0.470. The van der Waals surface area contributed by atoms with Crippen molar-refractivity contribution in [3.05, 3.63) is 62.5 Å². The third kappa shape index (κ3) is 6.28. The molecule has 1 saturated heterocycles. The fourth-order valence-electron chi connectivity index (χ4n) is 4.00. The van der Waals surface area contributed by atoms with Crippen LogP contribution in [-0.2, 0) is 24.3 Å². The van der Waals surface area contributed by atoms with Crippen LogP contribution in [0.4, 0.5) is 4.39 Å². The number of thiazole rings is 1. The molecule has 3 heterocycles. The molecule has 2 N–H and O–H groups in total. The molecule has 0 aliphatic carbocycles. The summed E-state index contributed by atoms with van der Waals surface area (Å²) in [5, 5.41) is 5.74. The largest absolute Gasteiger partial charge is 0.466 e. The van der Waals surface area contributed by atoms with Crippen LogP contribution in [0.15, 0.2) is 46.0 Å². The Bertz CT molecular complexity index is 1290. The first-order valence-electron chi connectivity index (χ1n) is 10.9. The fraction of sp³-hybridized carbons (Fsp3) is 0.409. The van der Waals surface area contributed by atoms with Crippen molar-refractivity contribution in [1.82, 2.24) is 19.9 Å². The molecule has 0 radical (unpaired) electrons. The van der Waals surface area contributed by atoms with Gasteiger partial charge in [-0.15, -0.1) is 11.3 Å². The minimum Gasteiger partial charge on any atom is -0.466 e. The highest BCUT2D eigenvalue weighted by atomic mass is 35.5. The second kappa shape index (κ2) is 11.3. The minimum absolute atomic E-state index is 0.117. The molecule has 2 atom stereocenters. The van der Waals surface area contributed by atoms with Gasteiger partial charge < -0.3 is 14.8 Å². The number of morpholine rings is 1. The predicted molar refractivity (Wildman–Crippen MR) is 134 cm³/mol.